The number of aromatic nitrogens is 3. The Morgan fingerprint density at radius 2 is 2.00 bits per heavy atom. The quantitative estimate of drug-likeness (QED) is 0.609. The molecule has 29 heavy (non-hydrogen) atoms. The number of esters is 1. The number of carbonyl (C=O) groups excluding carboxylic acids is 1. The number of rotatable bonds is 4. The molecule has 0 aliphatic carbocycles. The summed E-state index contributed by atoms with van der Waals surface area (Å²) in [6.07, 6.45) is 4.50. The second kappa shape index (κ2) is 7.35. The molecule has 0 spiro atoms. The van der Waals surface area contributed by atoms with Crippen LogP contribution in [-0.2, 0) is 4.74 Å². The number of fused-ring (bicyclic) bond motifs is 3. The third-order valence-electron chi connectivity index (χ3n) is 5.99. The second-order valence-corrected chi connectivity index (χ2v) is 8.72. The fourth-order valence-corrected chi connectivity index (χ4v) is 5.31. The van der Waals surface area contributed by atoms with Gasteiger partial charge in [0.15, 0.2) is 0 Å². The maximum Gasteiger partial charge on any atom is 0.340 e. The van der Waals surface area contributed by atoms with E-state index in [1.54, 1.807) is 6.07 Å². The van der Waals surface area contributed by atoms with Crippen LogP contribution in [-0.4, -0.2) is 52.6 Å². The van der Waals surface area contributed by atoms with E-state index in [1.165, 1.54) is 56.5 Å². The molecule has 1 aromatic carbocycles. The van der Waals surface area contributed by atoms with Crippen molar-refractivity contribution in [3.8, 4) is 21.0 Å². The molecule has 2 aromatic heterocycles. The van der Waals surface area contributed by atoms with Crippen LogP contribution in [0.2, 0.25) is 0 Å². The summed E-state index contributed by atoms with van der Waals surface area (Å²) in [5.74, 6) is -0.576. The van der Waals surface area contributed by atoms with Crippen LogP contribution in [0.25, 0.3) is 21.0 Å². The topological polar surface area (TPSA) is 60.2 Å². The van der Waals surface area contributed by atoms with E-state index in [9.17, 15) is 9.18 Å². The average molecular weight is 412 g/mol. The van der Waals surface area contributed by atoms with Crippen molar-refractivity contribution in [2.24, 2.45) is 5.92 Å². The molecule has 0 saturated carbocycles. The number of hydrogen-bond donors (Lipinski definition) is 0. The molecule has 0 N–H and O–H groups in total. The number of methoxy groups -OCH3 is 1. The van der Waals surface area contributed by atoms with Crippen molar-refractivity contribution in [3.63, 3.8) is 0 Å². The van der Waals surface area contributed by atoms with Gasteiger partial charge in [0.25, 0.3) is 0 Å². The van der Waals surface area contributed by atoms with Crippen molar-refractivity contribution in [2.75, 3.05) is 26.7 Å². The molecule has 6 rings (SSSR count). The van der Waals surface area contributed by atoms with Gasteiger partial charge in [-0.05, 0) is 61.7 Å². The first-order valence-corrected chi connectivity index (χ1v) is 10.6. The van der Waals surface area contributed by atoms with Crippen molar-refractivity contribution in [1.29, 1.82) is 0 Å². The van der Waals surface area contributed by atoms with Gasteiger partial charge in [0.05, 0.1) is 29.8 Å². The highest BCUT2D eigenvalue weighted by molar-refractivity contribution is 7.18. The molecule has 2 bridgehead atoms. The maximum absolute atomic E-state index is 14.3. The molecule has 3 saturated heterocycles. The molecule has 150 valence electrons. The Bertz CT molecular complexity index is 1050. The van der Waals surface area contributed by atoms with Gasteiger partial charge in [-0.2, -0.15) is 0 Å². The highest BCUT2D eigenvalue weighted by Crippen LogP contribution is 2.37. The van der Waals surface area contributed by atoms with E-state index < -0.39 is 11.8 Å². The molecule has 0 radical (unpaired) electrons. The molecular weight excluding hydrogens is 391 g/mol. The second-order valence-electron chi connectivity index (χ2n) is 7.64. The summed E-state index contributed by atoms with van der Waals surface area (Å²) in [4.78, 5) is 16.0. The molecule has 0 unspecified atom stereocenters. The van der Waals surface area contributed by atoms with E-state index in [4.69, 9.17) is 0 Å². The van der Waals surface area contributed by atoms with Crippen LogP contribution in [0.3, 0.4) is 0 Å². The van der Waals surface area contributed by atoms with Crippen LogP contribution in [0.15, 0.2) is 36.5 Å². The average Bonchev–Trinajstić information content (AvgIpc) is 3.44. The van der Waals surface area contributed by atoms with E-state index in [0.717, 1.165) is 27.6 Å². The Labute approximate surface area is 171 Å². The maximum atomic E-state index is 14.3. The van der Waals surface area contributed by atoms with Gasteiger partial charge in [0, 0.05) is 11.4 Å². The van der Waals surface area contributed by atoms with Crippen LogP contribution in [0.1, 0.15) is 29.2 Å². The van der Waals surface area contributed by atoms with Gasteiger partial charge in [-0.15, -0.1) is 16.4 Å². The van der Waals surface area contributed by atoms with Crippen LogP contribution >= 0.6 is 11.3 Å². The number of benzene rings is 1. The number of nitrogens with zero attached hydrogens (tertiary/aromatic N) is 4. The van der Waals surface area contributed by atoms with Crippen molar-refractivity contribution >= 4 is 17.3 Å². The minimum Gasteiger partial charge on any atom is -0.465 e. The van der Waals surface area contributed by atoms with E-state index in [2.05, 4.69) is 19.9 Å². The first-order valence-electron chi connectivity index (χ1n) is 9.75. The number of ether oxygens (including phenoxy) is 1. The lowest BCUT2D eigenvalue weighted by atomic mass is 9.84. The number of halogens is 1. The highest BCUT2D eigenvalue weighted by Gasteiger charge is 2.35. The Hall–Kier alpha value is -2.58. The first-order chi connectivity index (χ1) is 14.1. The molecule has 0 amide bonds. The molecule has 3 aliphatic rings. The summed E-state index contributed by atoms with van der Waals surface area (Å²) in [5.41, 5.74) is 1.49. The smallest absolute Gasteiger partial charge is 0.340 e. The Morgan fingerprint density at radius 3 is 2.69 bits per heavy atom. The normalized spacial score (nSPS) is 23.3. The molecule has 3 aliphatic heterocycles. The monoisotopic (exact) mass is 412 g/mol. The van der Waals surface area contributed by atoms with Crippen LogP contribution < -0.4 is 0 Å². The Balaban J connectivity index is 1.38. The molecule has 8 heteroatoms. The standard InChI is InChI=1S/C21H21FN4O2S/c1-28-21(27)15-3-2-14(10-16(15)22)19-4-5-20(29-19)17-11-26(24-23-17)18-12-25-8-6-13(18)7-9-25/h2-5,10-11,13,18H,6-9,12H2,1H3/t18-/m0/s1. The van der Waals surface area contributed by atoms with Crippen molar-refractivity contribution < 1.29 is 13.9 Å². The van der Waals surface area contributed by atoms with Crippen LogP contribution in [0.4, 0.5) is 4.39 Å². The van der Waals surface area contributed by atoms with Gasteiger partial charge in [0.2, 0.25) is 0 Å². The van der Waals surface area contributed by atoms with Crippen molar-refractivity contribution in [2.45, 2.75) is 18.9 Å². The zero-order valence-electron chi connectivity index (χ0n) is 16.0. The summed E-state index contributed by atoms with van der Waals surface area (Å²) in [7, 11) is 1.24. The van der Waals surface area contributed by atoms with Gasteiger partial charge < -0.3 is 9.64 Å². The van der Waals surface area contributed by atoms with E-state index in [1.807, 2.05) is 23.0 Å². The first kappa shape index (κ1) is 18.4. The SMILES string of the molecule is COC(=O)c1ccc(-c2ccc(-c3cn([C@H]4CN5CCC4CC5)nn3)s2)cc1F. The summed E-state index contributed by atoms with van der Waals surface area (Å²) < 4.78 is 20.9. The van der Waals surface area contributed by atoms with Gasteiger partial charge in [0.1, 0.15) is 11.5 Å². The number of piperidine rings is 3. The lowest BCUT2D eigenvalue weighted by Crippen LogP contribution is -2.48. The number of carbonyl (C=O) groups is 1. The Kier molecular flexibility index (Phi) is 4.67. The Morgan fingerprint density at radius 1 is 1.21 bits per heavy atom. The molecule has 3 aromatic rings. The molecular formula is C21H21FN4O2S. The fraction of sp³-hybridized carbons (Fsp3) is 0.381. The predicted molar refractivity (Wildman–Crippen MR) is 108 cm³/mol. The van der Waals surface area contributed by atoms with Gasteiger partial charge in [-0.1, -0.05) is 11.3 Å². The van der Waals surface area contributed by atoms with Gasteiger partial charge >= 0.3 is 5.97 Å². The summed E-state index contributed by atoms with van der Waals surface area (Å²) in [6.45, 7) is 3.44. The molecule has 5 heterocycles. The third-order valence-corrected chi connectivity index (χ3v) is 7.15. The fourth-order valence-electron chi connectivity index (χ4n) is 4.36. The van der Waals surface area contributed by atoms with E-state index in [0.29, 0.717) is 12.0 Å². The van der Waals surface area contributed by atoms with Crippen molar-refractivity contribution in [1.82, 2.24) is 19.9 Å². The molecule has 3 fully saturated rings. The largest absolute Gasteiger partial charge is 0.465 e. The molecule has 6 nitrogen and oxygen atoms in total. The minimum atomic E-state index is -0.676. The lowest BCUT2D eigenvalue weighted by Gasteiger charge is -2.44. The highest BCUT2D eigenvalue weighted by atomic mass is 32.1. The summed E-state index contributed by atoms with van der Waals surface area (Å²) in [5, 5.41) is 8.79. The third kappa shape index (κ3) is 3.36. The number of thiophene rings is 1. The number of hydrogen-bond acceptors (Lipinski definition) is 6. The summed E-state index contributed by atoms with van der Waals surface area (Å²) >= 11 is 1.53. The van der Waals surface area contributed by atoms with Gasteiger partial charge in [-0.3, -0.25) is 0 Å². The van der Waals surface area contributed by atoms with E-state index in [-0.39, 0.29) is 5.56 Å². The summed E-state index contributed by atoms with van der Waals surface area (Å²) in [6, 6.07) is 8.88. The lowest BCUT2D eigenvalue weighted by molar-refractivity contribution is 0.0504. The van der Waals surface area contributed by atoms with Crippen LogP contribution in [0.5, 0.6) is 0 Å². The van der Waals surface area contributed by atoms with Crippen LogP contribution in [0, 0.1) is 11.7 Å². The van der Waals surface area contributed by atoms with Gasteiger partial charge in [-0.25, -0.2) is 13.9 Å². The van der Waals surface area contributed by atoms with E-state index >= 15 is 0 Å². The predicted octanol–water partition coefficient (Wildman–Crippen LogP) is 3.87. The van der Waals surface area contributed by atoms with Crippen molar-refractivity contribution in [3.05, 3.63) is 47.9 Å². The zero-order valence-corrected chi connectivity index (χ0v) is 16.9. The molecule has 1 atom stereocenters. The zero-order chi connectivity index (χ0) is 20.0. The minimum absolute atomic E-state index is 0.0616.